The van der Waals surface area contributed by atoms with Crippen molar-refractivity contribution in [1.82, 2.24) is 4.90 Å². The second-order valence-electron chi connectivity index (χ2n) is 3.87. The van der Waals surface area contributed by atoms with E-state index in [1.807, 2.05) is 0 Å². The Labute approximate surface area is 107 Å². The summed E-state index contributed by atoms with van der Waals surface area (Å²) in [6, 6.07) is 4.58. The lowest BCUT2D eigenvalue weighted by molar-refractivity contribution is -0.137. The Kier molecular flexibility index (Phi) is 3.46. The highest BCUT2D eigenvalue weighted by atomic mass is 19.4. The molecule has 7 heteroatoms. The molecule has 0 spiro atoms. The van der Waals surface area contributed by atoms with Crippen molar-refractivity contribution in [1.29, 1.82) is 0 Å². The minimum atomic E-state index is -4.42. The Morgan fingerprint density at radius 3 is 2.79 bits per heavy atom. The largest absolute Gasteiger partial charge is 0.454 e. The molecule has 0 radical (unpaired) electrons. The summed E-state index contributed by atoms with van der Waals surface area (Å²) in [4.78, 5) is 16.6. The maximum absolute atomic E-state index is 12.5. The Morgan fingerprint density at radius 2 is 2.16 bits per heavy atom. The van der Waals surface area contributed by atoms with Crippen LogP contribution in [0.3, 0.4) is 0 Å². The summed E-state index contributed by atoms with van der Waals surface area (Å²) in [7, 11) is 0. The van der Waals surface area contributed by atoms with Crippen LogP contribution >= 0.6 is 0 Å². The van der Waals surface area contributed by atoms with Crippen molar-refractivity contribution in [2.24, 2.45) is 4.99 Å². The van der Waals surface area contributed by atoms with E-state index < -0.39 is 11.7 Å². The maximum atomic E-state index is 12.5. The molecule has 1 aromatic carbocycles. The average Bonchev–Trinajstić information content (AvgIpc) is 2.69. The van der Waals surface area contributed by atoms with E-state index in [1.165, 1.54) is 17.0 Å². The summed E-state index contributed by atoms with van der Waals surface area (Å²) < 4.78 is 42.7. The van der Waals surface area contributed by atoms with Crippen molar-refractivity contribution in [3.8, 4) is 0 Å². The number of nitrogens with zero attached hydrogens (tertiary/aromatic N) is 2. The van der Waals surface area contributed by atoms with Crippen LogP contribution in [0.1, 0.15) is 12.5 Å². The van der Waals surface area contributed by atoms with Crippen molar-refractivity contribution >= 4 is 17.6 Å². The Bertz CT molecular complexity index is 526. The zero-order valence-electron chi connectivity index (χ0n) is 10.1. The van der Waals surface area contributed by atoms with Crippen LogP contribution in [-0.4, -0.2) is 30.0 Å². The predicted molar refractivity (Wildman–Crippen MR) is 61.9 cm³/mol. The van der Waals surface area contributed by atoms with Gasteiger partial charge in [0, 0.05) is 6.54 Å². The number of halogens is 3. The molecule has 4 nitrogen and oxygen atoms in total. The van der Waals surface area contributed by atoms with Gasteiger partial charge < -0.3 is 4.74 Å². The van der Waals surface area contributed by atoms with Crippen LogP contribution in [-0.2, 0) is 15.7 Å². The van der Waals surface area contributed by atoms with Gasteiger partial charge in [0.1, 0.15) is 0 Å². The SMILES string of the molecule is CCN1C(=O)COC1=Nc1cccc(C(F)(F)F)c1. The van der Waals surface area contributed by atoms with Gasteiger partial charge in [0.15, 0.2) is 6.61 Å². The lowest BCUT2D eigenvalue weighted by Gasteiger charge is -2.11. The summed E-state index contributed by atoms with van der Waals surface area (Å²) in [6.45, 7) is 1.95. The molecule has 1 saturated heterocycles. The molecule has 1 heterocycles. The first-order valence-electron chi connectivity index (χ1n) is 5.61. The fraction of sp³-hybridized carbons (Fsp3) is 0.333. The van der Waals surface area contributed by atoms with Gasteiger partial charge >= 0.3 is 6.18 Å². The number of benzene rings is 1. The summed E-state index contributed by atoms with van der Waals surface area (Å²) in [5, 5.41) is 0. The number of carbonyl (C=O) groups excluding carboxylic acids is 1. The number of amidine groups is 1. The van der Waals surface area contributed by atoms with E-state index in [9.17, 15) is 18.0 Å². The van der Waals surface area contributed by atoms with Gasteiger partial charge in [-0.25, -0.2) is 0 Å². The van der Waals surface area contributed by atoms with Gasteiger partial charge in [-0.3, -0.25) is 9.69 Å². The van der Waals surface area contributed by atoms with E-state index in [0.29, 0.717) is 6.54 Å². The molecule has 102 valence electrons. The van der Waals surface area contributed by atoms with Crippen LogP contribution in [0.15, 0.2) is 29.3 Å². The zero-order valence-corrected chi connectivity index (χ0v) is 10.1. The van der Waals surface area contributed by atoms with Crippen LogP contribution in [0, 0.1) is 0 Å². The Balaban J connectivity index is 2.31. The fourth-order valence-electron chi connectivity index (χ4n) is 1.66. The molecule has 1 aliphatic rings. The molecular weight excluding hydrogens is 261 g/mol. The smallest absolute Gasteiger partial charge is 0.416 e. The van der Waals surface area contributed by atoms with Crippen LogP contribution in [0.4, 0.5) is 18.9 Å². The van der Waals surface area contributed by atoms with Gasteiger partial charge in [-0.05, 0) is 25.1 Å². The number of hydrogen-bond donors (Lipinski definition) is 0. The highest BCUT2D eigenvalue weighted by Gasteiger charge is 2.31. The van der Waals surface area contributed by atoms with Gasteiger partial charge in [-0.1, -0.05) is 6.07 Å². The molecule has 19 heavy (non-hydrogen) atoms. The number of hydrogen-bond acceptors (Lipinski definition) is 3. The molecule has 0 saturated carbocycles. The molecule has 0 atom stereocenters. The highest BCUT2D eigenvalue weighted by molar-refractivity contribution is 6.00. The first-order chi connectivity index (χ1) is 8.91. The van der Waals surface area contributed by atoms with E-state index in [2.05, 4.69) is 4.99 Å². The van der Waals surface area contributed by atoms with Gasteiger partial charge in [-0.15, -0.1) is 0 Å². The average molecular weight is 272 g/mol. The number of carbonyl (C=O) groups is 1. The second kappa shape index (κ2) is 4.91. The zero-order chi connectivity index (χ0) is 14.0. The summed E-state index contributed by atoms with van der Waals surface area (Å²) in [5.41, 5.74) is -0.695. The molecule has 0 N–H and O–H groups in total. The van der Waals surface area contributed by atoms with Gasteiger partial charge in [0.2, 0.25) is 0 Å². The molecule has 1 aliphatic heterocycles. The van der Waals surface area contributed by atoms with Crippen molar-refractivity contribution in [3.05, 3.63) is 29.8 Å². The lowest BCUT2D eigenvalue weighted by Crippen LogP contribution is -2.29. The summed E-state index contributed by atoms with van der Waals surface area (Å²) >= 11 is 0. The van der Waals surface area contributed by atoms with E-state index in [0.717, 1.165) is 12.1 Å². The maximum Gasteiger partial charge on any atom is 0.416 e. The molecular formula is C12H11F3N2O2. The highest BCUT2D eigenvalue weighted by Crippen LogP contribution is 2.31. The van der Waals surface area contributed by atoms with Crippen LogP contribution in [0.5, 0.6) is 0 Å². The minimum Gasteiger partial charge on any atom is -0.454 e. The van der Waals surface area contributed by atoms with E-state index >= 15 is 0 Å². The molecule has 1 fully saturated rings. The van der Waals surface area contributed by atoms with Gasteiger partial charge in [0.25, 0.3) is 11.9 Å². The normalized spacial score (nSPS) is 18.0. The summed E-state index contributed by atoms with van der Waals surface area (Å²) in [5.74, 6) is -0.256. The van der Waals surface area contributed by atoms with Crippen molar-refractivity contribution in [2.75, 3.05) is 13.2 Å². The van der Waals surface area contributed by atoms with Crippen LogP contribution in [0.25, 0.3) is 0 Å². The second-order valence-corrected chi connectivity index (χ2v) is 3.87. The predicted octanol–water partition coefficient (Wildman–Crippen LogP) is 2.57. The van der Waals surface area contributed by atoms with E-state index in [4.69, 9.17) is 4.74 Å². The number of rotatable bonds is 2. The van der Waals surface area contributed by atoms with Gasteiger partial charge in [0.05, 0.1) is 11.3 Å². The number of amides is 1. The minimum absolute atomic E-state index is 0.0341. The van der Waals surface area contributed by atoms with Crippen molar-refractivity contribution in [2.45, 2.75) is 13.1 Å². The monoisotopic (exact) mass is 272 g/mol. The quantitative estimate of drug-likeness (QED) is 0.830. The van der Waals surface area contributed by atoms with Crippen molar-refractivity contribution < 1.29 is 22.7 Å². The third-order valence-electron chi connectivity index (χ3n) is 2.57. The number of ether oxygens (including phenoxy) is 1. The molecule has 1 aromatic rings. The van der Waals surface area contributed by atoms with Gasteiger partial charge in [-0.2, -0.15) is 18.2 Å². The first-order valence-corrected chi connectivity index (χ1v) is 5.61. The Morgan fingerprint density at radius 1 is 1.42 bits per heavy atom. The number of alkyl halides is 3. The summed E-state index contributed by atoms with van der Waals surface area (Å²) in [6.07, 6.45) is -4.42. The standard InChI is InChI=1S/C12H11F3N2O2/c1-2-17-10(18)7-19-11(17)16-9-5-3-4-8(6-9)12(13,14)15/h3-6H,2,7H2,1H3. The molecule has 2 rings (SSSR count). The first kappa shape index (κ1) is 13.4. The van der Waals surface area contributed by atoms with E-state index in [1.54, 1.807) is 6.92 Å². The number of aliphatic imine (C=N–C) groups is 1. The van der Waals surface area contributed by atoms with E-state index in [-0.39, 0.29) is 24.2 Å². The third kappa shape index (κ3) is 2.86. The topological polar surface area (TPSA) is 41.9 Å². The third-order valence-corrected chi connectivity index (χ3v) is 2.57. The molecule has 0 aliphatic carbocycles. The molecule has 0 unspecified atom stereocenters. The molecule has 0 bridgehead atoms. The van der Waals surface area contributed by atoms with Crippen LogP contribution < -0.4 is 0 Å². The van der Waals surface area contributed by atoms with Crippen LogP contribution in [0.2, 0.25) is 0 Å². The molecule has 1 amide bonds. The molecule has 0 aromatic heterocycles. The Hall–Kier alpha value is -2.05. The lowest BCUT2D eigenvalue weighted by atomic mass is 10.2. The number of likely N-dealkylation sites (N-methyl/N-ethyl adjacent to an activating group) is 1. The van der Waals surface area contributed by atoms with Crippen molar-refractivity contribution in [3.63, 3.8) is 0 Å². The fourth-order valence-corrected chi connectivity index (χ4v) is 1.66.